The molecule has 0 radical (unpaired) electrons. The summed E-state index contributed by atoms with van der Waals surface area (Å²) in [5.41, 5.74) is 0. The smallest absolute Gasteiger partial charge is 0.0635 e. The van der Waals surface area contributed by atoms with Crippen LogP contribution in [0.2, 0.25) is 0 Å². The lowest BCUT2D eigenvalue weighted by atomic mass is 10.1. The van der Waals surface area contributed by atoms with Crippen LogP contribution in [0.4, 0.5) is 0 Å². The molecular formula is C10H18N2S. The summed E-state index contributed by atoms with van der Waals surface area (Å²) in [7, 11) is 0. The first-order valence-electron chi connectivity index (χ1n) is 4.87. The standard InChI is InChI=1S/C10H18N2S/c1-10(2)4-7-12(6-3-5-11)8-9-13-10/h3-4,6-9H2,1-2H3. The van der Waals surface area contributed by atoms with Gasteiger partial charge in [0.15, 0.2) is 0 Å². The van der Waals surface area contributed by atoms with E-state index in [2.05, 4.69) is 36.6 Å². The molecule has 0 aromatic heterocycles. The summed E-state index contributed by atoms with van der Waals surface area (Å²) in [6, 6.07) is 2.21. The lowest BCUT2D eigenvalue weighted by Crippen LogP contribution is -2.28. The van der Waals surface area contributed by atoms with Crippen molar-refractivity contribution < 1.29 is 0 Å². The highest BCUT2D eigenvalue weighted by atomic mass is 32.2. The molecule has 0 atom stereocenters. The van der Waals surface area contributed by atoms with E-state index in [0.717, 1.165) is 19.6 Å². The average molecular weight is 198 g/mol. The summed E-state index contributed by atoms with van der Waals surface area (Å²) in [4.78, 5) is 2.41. The van der Waals surface area contributed by atoms with E-state index in [0.29, 0.717) is 11.2 Å². The molecule has 1 aliphatic heterocycles. The molecule has 13 heavy (non-hydrogen) atoms. The fourth-order valence-electron chi connectivity index (χ4n) is 1.49. The highest BCUT2D eigenvalue weighted by Crippen LogP contribution is 2.30. The Kier molecular flexibility index (Phi) is 4.08. The number of hydrogen-bond donors (Lipinski definition) is 0. The van der Waals surface area contributed by atoms with Gasteiger partial charge in [-0.2, -0.15) is 17.0 Å². The zero-order valence-corrected chi connectivity index (χ0v) is 9.36. The van der Waals surface area contributed by atoms with Gasteiger partial charge in [-0.25, -0.2) is 0 Å². The molecule has 0 aromatic rings. The van der Waals surface area contributed by atoms with E-state index in [1.165, 1.54) is 12.2 Å². The maximum absolute atomic E-state index is 8.49. The van der Waals surface area contributed by atoms with E-state index in [4.69, 9.17) is 5.26 Å². The fraction of sp³-hybridized carbons (Fsp3) is 0.900. The third kappa shape index (κ3) is 4.02. The summed E-state index contributed by atoms with van der Waals surface area (Å²) < 4.78 is 0.432. The van der Waals surface area contributed by atoms with Crippen molar-refractivity contribution in [2.24, 2.45) is 0 Å². The highest BCUT2D eigenvalue weighted by molar-refractivity contribution is 8.00. The minimum Gasteiger partial charge on any atom is -0.301 e. The Balaban J connectivity index is 2.33. The lowest BCUT2D eigenvalue weighted by molar-refractivity contribution is 0.291. The number of rotatable bonds is 2. The second-order valence-corrected chi connectivity index (χ2v) is 5.91. The van der Waals surface area contributed by atoms with Crippen LogP contribution in [0.15, 0.2) is 0 Å². The van der Waals surface area contributed by atoms with Crippen LogP contribution in [-0.2, 0) is 0 Å². The van der Waals surface area contributed by atoms with Crippen LogP contribution in [0.25, 0.3) is 0 Å². The van der Waals surface area contributed by atoms with Gasteiger partial charge in [-0.15, -0.1) is 0 Å². The van der Waals surface area contributed by atoms with Gasteiger partial charge in [-0.3, -0.25) is 0 Å². The first kappa shape index (κ1) is 10.9. The van der Waals surface area contributed by atoms with Crippen LogP contribution in [0.5, 0.6) is 0 Å². The van der Waals surface area contributed by atoms with E-state index in [-0.39, 0.29) is 0 Å². The molecule has 0 aliphatic carbocycles. The molecule has 0 amide bonds. The van der Waals surface area contributed by atoms with Gasteiger partial charge in [0.1, 0.15) is 0 Å². The van der Waals surface area contributed by atoms with Gasteiger partial charge in [-0.1, -0.05) is 13.8 Å². The molecule has 0 saturated carbocycles. The Labute approximate surface area is 85.3 Å². The van der Waals surface area contributed by atoms with Crippen molar-refractivity contribution in [3.05, 3.63) is 0 Å². The molecular weight excluding hydrogens is 180 g/mol. The Morgan fingerprint density at radius 3 is 2.92 bits per heavy atom. The fourth-order valence-corrected chi connectivity index (χ4v) is 2.63. The molecule has 3 heteroatoms. The van der Waals surface area contributed by atoms with Crippen LogP contribution in [0, 0.1) is 11.3 Å². The van der Waals surface area contributed by atoms with E-state index in [1.807, 2.05) is 0 Å². The van der Waals surface area contributed by atoms with E-state index in [1.54, 1.807) is 0 Å². The van der Waals surface area contributed by atoms with Crippen molar-refractivity contribution in [1.82, 2.24) is 4.90 Å². The van der Waals surface area contributed by atoms with E-state index >= 15 is 0 Å². The van der Waals surface area contributed by atoms with Crippen LogP contribution in [0.1, 0.15) is 26.7 Å². The van der Waals surface area contributed by atoms with Crippen molar-refractivity contribution >= 4 is 11.8 Å². The Bertz CT molecular complexity index is 196. The quantitative estimate of drug-likeness (QED) is 0.680. The molecule has 0 N–H and O–H groups in total. The molecule has 1 rings (SSSR count). The highest BCUT2D eigenvalue weighted by Gasteiger charge is 2.22. The first-order chi connectivity index (χ1) is 6.14. The Morgan fingerprint density at radius 2 is 2.23 bits per heavy atom. The van der Waals surface area contributed by atoms with Crippen LogP contribution in [-0.4, -0.2) is 35.0 Å². The predicted molar refractivity (Wildman–Crippen MR) is 57.8 cm³/mol. The van der Waals surface area contributed by atoms with Crippen molar-refractivity contribution in [3.8, 4) is 6.07 Å². The summed E-state index contributed by atoms with van der Waals surface area (Å²) in [5.74, 6) is 1.21. The molecule has 1 heterocycles. The maximum atomic E-state index is 8.49. The van der Waals surface area contributed by atoms with Gasteiger partial charge in [0, 0.05) is 30.0 Å². The second-order valence-electron chi connectivity index (χ2n) is 4.11. The molecule has 1 saturated heterocycles. The summed E-state index contributed by atoms with van der Waals surface area (Å²) in [6.07, 6.45) is 1.91. The molecule has 0 aromatic carbocycles. The topological polar surface area (TPSA) is 27.0 Å². The van der Waals surface area contributed by atoms with Crippen LogP contribution < -0.4 is 0 Å². The minimum absolute atomic E-state index is 0.432. The normalized spacial score (nSPS) is 23.5. The van der Waals surface area contributed by atoms with Gasteiger partial charge in [-0.05, 0) is 13.0 Å². The average Bonchev–Trinajstić information content (AvgIpc) is 2.23. The summed E-state index contributed by atoms with van der Waals surface area (Å²) >= 11 is 2.05. The number of hydrogen-bond acceptors (Lipinski definition) is 3. The molecule has 74 valence electrons. The van der Waals surface area contributed by atoms with Crippen LogP contribution >= 0.6 is 11.8 Å². The van der Waals surface area contributed by atoms with Gasteiger partial charge < -0.3 is 4.90 Å². The third-order valence-corrected chi connectivity index (χ3v) is 3.84. The summed E-state index contributed by atoms with van der Waals surface area (Å²) in [6.45, 7) is 7.88. The first-order valence-corrected chi connectivity index (χ1v) is 5.86. The predicted octanol–water partition coefficient (Wildman–Crippen LogP) is 2.12. The third-order valence-electron chi connectivity index (χ3n) is 2.47. The maximum Gasteiger partial charge on any atom is 0.0635 e. The largest absolute Gasteiger partial charge is 0.301 e. The number of thioether (sulfide) groups is 1. The molecule has 1 aliphatic rings. The van der Waals surface area contributed by atoms with Gasteiger partial charge in [0.05, 0.1) is 6.07 Å². The lowest BCUT2D eigenvalue weighted by Gasteiger charge is -2.21. The SMILES string of the molecule is CC1(C)CCN(CCC#N)CCS1. The van der Waals surface area contributed by atoms with Gasteiger partial charge in [0.25, 0.3) is 0 Å². The van der Waals surface area contributed by atoms with Gasteiger partial charge >= 0.3 is 0 Å². The zero-order valence-electron chi connectivity index (χ0n) is 8.55. The summed E-state index contributed by atoms with van der Waals surface area (Å²) in [5, 5.41) is 8.49. The molecule has 0 spiro atoms. The van der Waals surface area contributed by atoms with Crippen molar-refractivity contribution in [1.29, 1.82) is 5.26 Å². The second kappa shape index (κ2) is 4.88. The van der Waals surface area contributed by atoms with Crippen molar-refractivity contribution in [2.45, 2.75) is 31.4 Å². The molecule has 0 unspecified atom stereocenters. The molecule has 1 fully saturated rings. The van der Waals surface area contributed by atoms with Crippen molar-refractivity contribution in [2.75, 3.05) is 25.4 Å². The zero-order chi connectivity index (χ0) is 9.73. The monoisotopic (exact) mass is 198 g/mol. The Morgan fingerprint density at radius 1 is 1.46 bits per heavy atom. The minimum atomic E-state index is 0.432. The van der Waals surface area contributed by atoms with Crippen LogP contribution in [0.3, 0.4) is 0 Å². The van der Waals surface area contributed by atoms with E-state index in [9.17, 15) is 0 Å². The molecule has 2 nitrogen and oxygen atoms in total. The van der Waals surface area contributed by atoms with Crippen molar-refractivity contribution in [3.63, 3.8) is 0 Å². The Hall–Kier alpha value is -0.200. The number of nitriles is 1. The number of nitrogens with zero attached hydrogens (tertiary/aromatic N) is 2. The van der Waals surface area contributed by atoms with Gasteiger partial charge in [0.2, 0.25) is 0 Å². The van der Waals surface area contributed by atoms with E-state index < -0.39 is 0 Å². The molecule has 0 bridgehead atoms.